The third-order valence-corrected chi connectivity index (χ3v) is 3.31. The maximum atomic E-state index is 12.0. The molecule has 0 aromatic heterocycles. The van der Waals surface area contributed by atoms with Gasteiger partial charge in [-0.2, -0.15) is 0 Å². The van der Waals surface area contributed by atoms with Crippen LogP contribution in [0.5, 0.6) is 0 Å². The van der Waals surface area contributed by atoms with E-state index in [0.717, 1.165) is 32.7 Å². The number of amides is 1. The lowest BCUT2D eigenvalue weighted by Gasteiger charge is -2.33. The number of carbonyl (C=O) groups is 1. The number of nitrogens with zero attached hydrogens (tertiary/aromatic N) is 2. The zero-order valence-electron chi connectivity index (χ0n) is 11.7. The van der Waals surface area contributed by atoms with E-state index < -0.39 is 0 Å². The molecule has 0 aliphatic carbocycles. The van der Waals surface area contributed by atoms with Crippen molar-refractivity contribution >= 4 is 5.91 Å². The van der Waals surface area contributed by atoms with Crippen molar-refractivity contribution in [3.8, 4) is 0 Å². The Morgan fingerprint density at radius 1 is 1.29 bits per heavy atom. The van der Waals surface area contributed by atoms with Gasteiger partial charge >= 0.3 is 0 Å². The van der Waals surface area contributed by atoms with Crippen LogP contribution in [0.1, 0.15) is 27.2 Å². The van der Waals surface area contributed by atoms with Gasteiger partial charge in [-0.15, -0.1) is 0 Å². The molecule has 1 aliphatic heterocycles. The largest absolute Gasteiger partial charge is 0.345 e. The number of hydrogen-bond acceptors (Lipinski definition) is 3. The molecule has 1 saturated heterocycles. The molecule has 0 aromatic rings. The van der Waals surface area contributed by atoms with Gasteiger partial charge in [-0.25, -0.2) is 0 Å². The number of piperazine rings is 1. The Labute approximate surface area is 105 Å². The van der Waals surface area contributed by atoms with Crippen molar-refractivity contribution in [3.63, 3.8) is 0 Å². The van der Waals surface area contributed by atoms with Crippen LogP contribution in [-0.2, 0) is 4.79 Å². The fourth-order valence-corrected chi connectivity index (χ4v) is 2.31. The third-order valence-electron chi connectivity index (χ3n) is 3.31. The highest BCUT2D eigenvalue weighted by atomic mass is 16.2. The van der Waals surface area contributed by atoms with Gasteiger partial charge < -0.3 is 10.2 Å². The van der Waals surface area contributed by atoms with Gasteiger partial charge in [0, 0.05) is 52.2 Å². The lowest BCUT2D eigenvalue weighted by Crippen LogP contribution is -2.48. The maximum absolute atomic E-state index is 12.0. The minimum absolute atomic E-state index is 0.268. The first-order valence-electron chi connectivity index (χ1n) is 6.69. The molecular formula is C13H27N3O. The molecule has 0 saturated carbocycles. The second-order valence-corrected chi connectivity index (χ2v) is 5.51. The minimum Gasteiger partial charge on any atom is -0.345 e. The summed E-state index contributed by atoms with van der Waals surface area (Å²) in [6, 6.07) is 0.360. The highest BCUT2D eigenvalue weighted by Gasteiger charge is 2.20. The highest BCUT2D eigenvalue weighted by Crippen LogP contribution is 2.08. The monoisotopic (exact) mass is 241 g/mol. The van der Waals surface area contributed by atoms with Crippen LogP contribution < -0.4 is 5.32 Å². The number of carbonyl (C=O) groups excluding carboxylic acids is 1. The average Bonchev–Trinajstić information content (AvgIpc) is 2.29. The van der Waals surface area contributed by atoms with Crippen molar-refractivity contribution in [2.75, 3.05) is 39.8 Å². The van der Waals surface area contributed by atoms with Crippen LogP contribution in [0.3, 0.4) is 0 Å². The van der Waals surface area contributed by atoms with Crippen LogP contribution in [0.2, 0.25) is 0 Å². The molecule has 0 bridgehead atoms. The molecular weight excluding hydrogens is 214 g/mol. The highest BCUT2D eigenvalue weighted by molar-refractivity contribution is 5.76. The Morgan fingerprint density at radius 3 is 2.41 bits per heavy atom. The third kappa shape index (κ3) is 5.04. The molecule has 0 aromatic carbocycles. The summed E-state index contributed by atoms with van der Waals surface area (Å²) in [5.74, 6) is 0.808. The van der Waals surface area contributed by atoms with Crippen molar-refractivity contribution in [3.05, 3.63) is 0 Å². The predicted octanol–water partition coefficient (Wildman–Crippen LogP) is 0.785. The summed E-state index contributed by atoms with van der Waals surface area (Å²) in [4.78, 5) is 16.3. The van der Waals surface area contributed by atoms with Crippen molar-refractivity contribution in [1.29, 1.82) is 0 Å². The molecule has 1 unspecified atom stereocenters. The van der Waals surface area contributed by atoms with Gasteiger partial charge in [-0.1, -0.05) is 13.8 Å². The molecule has 1 rings (SSSR count). The summed E-state index contributed by atoms with van der Waals surface area (Å²) in [6.07, 6.45) is 0.642. The Morgan fingerprint density at radius 2 is 1.88 bits per heavy atom. The number of nitrogens with one attached hydrogen (secondary N) is 1. The molecule has 4 heteroatoms. The lowest BCUT2D eigenvalue weighted by atomic mass is 10.1. The van der Waals surface area contributed by atoms with Gasteiger partial charge in [0.15, 0.2) is 0 Å². The topological polar surface area (TPSA) is 35.6 Å². The summed E-state index contributed by atoms with van der Waals surface area (Å²) in [7, 11) is 1.91. The van der Waals surface area contributed by atoms with Crippen LogP contribution in [0.4, 0.5) is 0 Å². The first kappa shape index (κ1) is 14.5. The Balaban J connectivity index is 2.33. The Kier molecular flexibility index (Phi) is 5.92. The van der Waals surface area contributed by atoms with E-state index in [-0.39, 0.29) is 5.91 Å². The summed E-state index contributed by atoms with van der Waals surface area (Å²) >= 11 is 0. The van der Waals surface area contributed by atoms with E-state index in [1.165, 1.54) is 0 Å². The molecule has 1 aliphatic rings. The molecule has 1 N–H and O–H groups in total. The second kappa shape index (κ2) is 6.97. The zero-order valence-corrected chi connectivity index (χ0v) is 11.7. The minimum atomic E-state index is 0.268. The van der Waals surface area contributed by atoms with Gasteiger partial charge in [0.2, 0.25) is 5.91 Å². The zero-order chi connectivity index (χ0) is 12.8. The molecule has 1 atom stereocenters. The second-order valence-electron chi connectivity index (χ2n) is 5.51. The predicted molar refractivity (Wildman–Crippen MR) is 71.0 cm³/mol. The molecule has 1 fully saturated rings. The molecule has 4 nitrogen and oxygen atoms in total. The SMILES string of the molecule is CC(C)CN(C)C(=O)CC(C)N1CCNCC1. The van der Waals surface area contributed by atoms with Crippen LogP contribution in [0.25, 0.3) is 0 Å². The first-order valence-corrected chi connectivity index (χ1v) is 6.69. The van der Waals surface area contributed by atoms with E-state index in [1.54, 1.807) is 0 Å². The molecule has 100 valence electrons. The van der Waals surface area contributed by atoms with E-state index >= 15 is 0 Å². The molecule has 1 amide bonds. The summed E-state index contributed by atoms with van der Waals surface area (Å²) < 4.78 is 0. The van der Waals surface area contributed by atoms with E-state index in [4.69, 9.17) is 0 Å². The molecule has 0 radical (unpaired) electrons. The van der Waals surface area contributed by atoms with Crippen LogP contribution in [0.15, 0.2) is 0 Å². The molecule has 17 heavy (non-hydrogen) atoms. The Hall–Kier alpha value is -0.610. The molecule has 0 spiro atoms. The van der Waals surface area contributed by atoms with E-state index in [0.29, 0.717) is 18.4 Å². The van der Waals surface area contributed by atoms with Gasteiger partial charge in [0.05, 0.1) is 0 Å². The van der Waals surface area contributed by atoms with Crippen LogP contribution in [-0.4, -0.2) is 61.5 Å². The quantitative estimate of drug-likeness (QED) is 0.773. The maximum Gasteiger partial charge on any atom is 0.223 e. The standard InChI is InChI=1S/C13H27N3O/c1-11(2)10-15(4)13(17)9-12(3)16-7-5-14-6-8-16/h11-12,14H,5-10H2,1-4H3. The van der Waals surface area contributed by atoms with Gasteiger partial charge in [0.1, 0.15) is 0 Å². The number of rotatable bonds is 5. The van der Waals surface area contributed by atoms with Gasteiger partial charge in [-0.05, 0) is 12.8 Å². The van der Waals surface area contributed by atoms with E-state index in [2.05, 4.69) is 31.0 Å². The van der Waals surface area contributed by atoms with Crippen molar-refractivity contribution in [1.82, 2.24) is 15.1 Å². The van der Waals surface area contributed by atoms with Crippen molar-refractivity contribution < 1.29 is 4.79 Å². The van der Waals surface area contributed by atoms with E-state index in [9.17, 15) is 4.79 Å². The number of hydrogen-bond donors (Lipinski definition) is 1. The van der Waals surface area contributed by atoms with Crippen molar-refractivity contribution in [2.24, 2.45) is 5.92 Å². The van der Waals surface area contributed by atoms with Crippen LogP contribution in [0, 0.1) is 5.92 Å². The molecule has 1 heterocycles. The van der Waals surface area contributed by atoms with Gasteiger partial charge in [-0.3, -0.25) is 9.69 Å². The van der Waals surface area contributed by atoms with Crippen LogP contribution >= 0.6 is 0 Å². The average molecular weight is 241 g/mol. The smallest absolute Gasteiger partial charge is 0.223 e. The normalized spacial score (nSPS) is 19.4. The first-order chi connectivity index (χ1) is 8.00. The summed E-state index contributed by atoms with van der Waals surface area (Å²) in [5.41, 5.74) is 0. The Bertz CT molecular complexity index is 237. The fourth-order valence-electron chi connectivity index (χ4n) is 2.31. The fraction of sp³-hybridized carbons (Fsp3) is 0.923. The van der Waals surface area contributed by atoms with Crippen molar-refractivity contribution in [2.45, 2.75) is 33.2 Å². The summed E-state index contributed by atoms with van der Waals surface area (Å²) in [6.45, 7) is 11.5. The van der Waals surface area contributed by atoms with Gasteiger partial charge in [0.25, 0.3) is 0 Å². The summed E-state index contributed by atoms with van der Waals surface area (Å²) in [5, 5.41) is 3.33. The van der Waals surface area contributed by atoms with E-state index in [1.807, 2.05) is 11.9 Å². The lowest BCUT2D eigenvalue weighted by molar-refractivity contribution is -0.131.